The lowest BCUT2D eigenvalue weighted by atomic mass is 10.0. The van der Waals surface area contributed by atoms with Gasteiger partial charge in [-0.15, -0.1) is 0 Å². The predicted molar refractivity (Wildman–Crippen MR) is 67.7 cm³/mol. The molecule has 0 spiro atoms. The van der Waals surface area contributed by atoms with E-state index in [4.69, 9.17) is 17.3 Å². The second kappa shape index (κ2) is 4.06. The molecule has 2 nitrogen and oxygen atoms in total. The molecular weight excluding hydrogens is 222 g/mol. The van der Waals surface area contributed by atoms with Crippen molar-refractivity contribution in [1.82, 2.24) is 0 Å². The van der Waals surface area contributed by atoms with E-state index in [1.54, 1.807) is 12.1 Å². The van der Waals surface area contributed by atoms with Crippen molar-refractivity contribution < 1.29 is 5.11 Å². The number of aromatic hydroxyl groups is 1. The minimum atomic E-state index is 0.0555. The number of anilines is 1. The number of nitrogens with two attached hydrogens (primary N) is 1. The van der Waals surface area contributed by atoms with E-state index in [-0.39, 0.29) is 5.75 Å². The maximum atomic E-state index is 9.56. The number of hydrogen-bond donors (Lipinski definition) is 2. The van der Waals surface area contributed by atoms with Crippen LogP contribution in [0.3, 0.4) is 0 Å². The van der Waals surface area contributed by atoms with Crippen LogP contribution in [0.15, 0.2) is 36.4 Å². The molecule has 0 aromatic heterocycles. The summed E-state index contributed by atoms with van der Waals surface area (Å²) in [5.74, 6) is 0.0555. The molecule has 82 valence electrons. The highest BCUT2D eigenvalue weighted by Crippen LogP contribution is 2.34. The molecule has 0 aliphatic rings. The topological polar surface area (TPSA) is 46.2 Å². The van der Waals surface area contributed by atoms with Gasteiger partial charge in [-0.25, -0.2) is 0 Å². The lowest BCUT2D eigenvalue weighted by Crippen LogP contribution is -1.88. The summed E-state index contributed by atoms with van der Waals surface area (Å²) in [5.41, 5.74) is 8.78. The molecule has 3 heteroatoms. The van der Waals surface area contributed by atoms with Crippen molar-refractivity contribution in [3.63, 3.8) is 0 Å². The van der Waals surface area contributed by atoms with Crippen LogP contribution in [-0.4, -0.2) is 5.11 Å². The Morgan fingerprint density at radius 3 is 2.38 bits per heavy atom. The maximum Gasteiger partial charge on any atom is 0.139 e. The second-order valence-corrected chi connectivity index (χ2v) is 4.16. The number of aryl methyl sites for hydroxylation is 1. The van der Waals surface area contributed by atoms with Gasteiger partial charge in [0.2, 0.25) is 0 Å². The average molecular weight is 234 g/mol. The highest BCUT2D eigenvalue weighted by Gasteiger charge is 2.07. The molecule has 2 rings (SSSR count). The van der Waals surface area contributed by atoms with Crippen LogP contribution in [0.25, 0.3) is 11.1 Å². The molecule has 0 saturated heterocycles. The molecule has 0 radical (unpaired) electrons. The largest absolute Gasteiger partial charge is 0.506 e. The summed E-state index contributed by atoms with van der Waals surface area (Å²) < 4.78 is 0. The number of halogens is 1. The van der Waals surface area contributed by atoms with Gasteiger partial charge >= 0.3 is 0 Å². The molecule has 0 bridgehead atoms. The van der Waals surface area contributed by atoms with Crippen LogP contribution in [0.4, 0.5) is 5.69 Å². The van der Waals surface area contributed by atoms with Crippen molar-refractivity contribution >= 4 is 17.3 Å². The first kappa shape index (κ1) is 10.8. The summed E-state index contributed by atoms with van der Waals surface area (Å²) in [7, 11) is 0. The molecule has 0 unspecified atom stereocenters. The fourth-order valence-corrected chi connectivity index (χ4v) is 1.81. The van der Waals surface area contributed by atoms with Crippen molar-refractivity contribution in [2.24, 2.45) is 0 Å². The molecule has 0 heterocycles. The summed E-state index contributed by atoms with van der Waals surface area (Å²) in [6.07, 6.45) is 0. The Hall–Kier alpha value is -1.67. The number of benzene rings is 2. The van der Waals surface area contributed by atoms with Crippen LogP contribution in [0.2, 0.25) is 5.02 Å². The van der Waals surface area contributed by atoms with E-state index in [0.29, 0.717) is 10.7 Å². The minimum Gasteiger partial charge on any atom is -0.506 e. The molecule has 2 aromatic rings. The molecule has 2 aromatic carbocycles. The van der Waals surface area contributed by atoms with Crippen LogP contribution in [0, 0.1) is 6.92 Å². The summed E-state index contributed by atoms with van der Waals surface area (Å²) in [4.78, 5) is 0. The molecular formula is C13H12ClNO. The van der Waals surface area contributed by atoms with Crippen molar-refractivity contribution in [2.45, 2.75) is 6.92 Å². The smallest absolute Gasteiger partial charge is 0.139 e. The molecule has 16 heavy (non-hydrogen) atoms. The van der Waals surface area contributed by atoms with Gasteiger partial charge in [0, 0.05) is 5.56 Å². The van der Waals surface area contributed by atoms with E-state index in [1.165, 1.54) is 5.56 Å². The first-order valence-electron chi connectivity index (χ1n) is 4.93. The summed E-state index contributed by atoms with van der Waals surface area (Å²) in [6.45, 7) is 2.02. The third-order valence-electron chi connectivity index (χ3n) is 2.48. The fourth-order valence-electron chi connectivity index (χ4n) is 1.53. The first-order valence-corrected chi connectivity index (χ1v) is 5.31. The fraction of sp³-hybridized carbons (Fsp3) is 0.0769. The van der Waals surface area contributed by atoms with Crippen LogP contribution in [-0.2, 0) is 0 Å². The van der Waals surface area contributed by atoms with E-state index in [1.807, 2.05) is 31.2 Å². The third kappa shape index (κ3) is 1.97. The van der Waals surface area contributed by atoms with Gasteiger partial charge in [-0.05, 0) is 24.6 Å². The van der Waals surface area contributed by atoms with Crippen LogP contribution < -0.4 is 5.73 Å². The van der Waals surface area contributed by atoms with E-state index in [2.05, 4.69) is 0 Å². The van der Waals surface area contributed by atoms with E-state index < -0.39 is 0 Å². The van der Waals surface area contributed by atoms with Gasteiger partial charge in [0.05, 0.1) is 10.7 Å². The normalized spacial score (nSPS) is 10.4. The minimum absolute atomic E-state index is 0.0555. The summed E-state index contributed by atoms with van der Waals surface area (Å²) >= 11 is 6.08. The van der Waals surface area contributed by atoms with Gasteiger partial charge in [0.15, 0.2) is 0 Å². The standard InChI is InChI=1S/C13H12ClNO/c1-8-2-4-9(5-3-8)10-6-13(16)12(15)7-11(10)14/h2-7,16H,15H2,1H3. The molecule has 0 amide bonds. The number of nitrogen functional groups attached to an aromatic ring is 1. The zero-order chi connectivity index (χ0) is 11.7. The van der Waals surface area contributed by atoms with E-state index in [0.717, 1.165) is 11.1 Å². The Morgan fingerprint density at radius 1 is 1.12 bits per heavy atom. The van der Waals surface area contributed by atoms with Gasteiger partial charge in [-0.3, -0.25) is 0 Å². The lowest BCUT2D eigenvalue weighted by Gasteiger charge is -2.07. The van der Waals surface area contributed by atoms with Crippen LogP contribution in [0.5, 0.6) is 5.75 Å². The Labute approximate surface area is 99.3 Å². The molecule has 0 atom stereocenters. The van der Waals surface area contributed by atoms with Gasteiger partial charge < -0.3 is 10.8 Å². The van der Waals surface area contributed by atoms with E-state index >= 15 is 0 Å². The number of rotatable bonds is 1. The van der Waals surface area contributed by atoms with Crippen LogP contribution >= 0.6 is 11.6 Å². The zero-order valence-corrected chi connectivity index (χ0v) is 9.62. The number of phenols is 1. The van der Waals surface area contributed by atoms with Gasteiger partial charge in [0.1, 0.15) is 5.75 Å². The van der Waals surface area contributed by atoms with Gasteiger partial charge in [-0.1, -0.05) is 41.4 Å². The van der Waals surface area contributed by atoms with Crippen molar-refractivity contribution in [3.8, 4) is 16.9 Å². The predicted octanol–water partition coefficient (Wildman–Crippen LogP) is 3.60. The van der Waals surface area contributed by atoms with Gasteiger partial charge in [0.25, 0.3) is 0 Å². The second-order valence-electron chi connectivity index (χ2n) is 3.76. The Bertz CT molecular complexity index is 520. The molecule has 0 fully saturated rings. The van der Waals surface area contributed by atoms with Gasteiger partial charge in [-0.2, -0.15) is 0 Å². The zero-order valence-electron chi connectivity index (χ0n) is 8.87. The molecule has 3 N–H and O–H groups in total. The monoisotopic (exact) mass is 233 g/mol. The van der Waals surface area contributed by atoms with E-state index in [9.17, 15) is 5.11 Å². The maximum absolute atomic E-state index is 9.56. The van der Waals surface area contributed by atoms with Crippen LogP contribution in [0.1, 0.15) is 5.56 Å². The molecule has 0 aliphatic heterocycles. The third-order valence-corrected chi connectivity index (χ3v) is 2.79. The first-order chi connectivity index (χ1) is 7.58. The van der Waals surface area contributed by atoms with Crippen molar-refractivity contribution in [2.75, 3.05) is 5.73 Å². The Balaban J connectivity index is 2.56. The summed E-state index contributed by atoms with van der Waals surface area (Å²) in [6, 6.07) is 11.1. The Morgan fingerprint density at radius 2 is 1.75 bits per heavy atom. The number of hydrogen-bond acceptors (Lipinski definition) is 2. The Kier molecular flexibility index (Phi) is 2.75. The highest BCUT2D eigenvalue weighted by atomic mass is 35.5. The number of phenolic OH excluding ortho intramolecular Hbond substituents is 1. The quantitative estimate of drug-likeness (QED) is 0.584. The van der Waals surface area contributed by atoms with Crippen molar-refractivity contribution in [3.05, 3.63) is 47.0 Å². The SMILES string of the molecule is Cc1ccc(-c2cc(O)c(N)cc2Cl)cc1. The highest BCUT2D eigenvalue weighted by molar-refractivity contribution is 6.33. The molecule has 0 aliphatic carbocycles. The van der Waals surface area contributed by atoms with Crippen molar-refractivity contribution in [1.29, 1.82) is 0 Å². The summed E-state index contributed by atoms with van der Waals surface area (Å²) in [5, 5.41) is 10.1. The average Bonchev–Trinajstić information content (AvgIpc) is 2.25. The lowest BCUT2D eigenvalue weighted by molar-refractivity contribution is 0.478. The molecule has 0 saturated carbocycles.